The van der Waals surface area contributed by atoms with Crippen LogP contribution in [0.1, 0.15) is 13.8 Å². The van der Waals surface area contributed by atoms with Crippen molar-refractivity contribution in [1.82, 2.24) is 4.90 Å². The Kier molecular flexibility index (Phi) is 8.13. The zero-order valence-electron chi connectivity index (χ0n) is 21.1. The summed E-state index contributed by atoms with van der Waals surface area (Å²) in [4.78, 5) is 15.4. The van der Waals surface area contributed by atoms with Crippen molar-refractivity contribution in [2.45, 2.75) is 13.8 Å². The maximum atomic E-state index is 13.1. The zero-order chi connectivity index (χ0) is 25.5. The number of ether oxygens (including phenoxy) is 4. The first-order valence-electron chi connectivity index (χ1n) is 12.0. The van der Waals surface area contributed by atoms with E-state index in [9.17, 15) is 4.79 Å². The second kappa shape index (κ2) is 11.6. The Balaban J connectivity index is 1.68. The molecule has 1 aromatic heterocycles. The molecule has 0 aliphatic rings. The van der Waals surface area contributed by atoms with Crippen LogP contribution in [0.25, 0.3) is 22.1 Å². The van der Waals surface area contributed by atoms with Gasteiger partial charge in [0.1, 0.15) is 40.8 Å². The van der Waals surface area contributed by atoms with E-state index in [1.165, 1.54) is 0 Å². The molecule has 0 aliphatic carbocycles. The largest absolute Gasteiger partial charge is 0.497 e. The number of rotatable bonds is 11. The topological polar surface area (TPSA) is 70.4 Å². The van der Waals surface area contributed by atoms with Crippen LogP contribution in [0.3, 0.4) is 0 Å². The molecule has 0 saturated heterocycles. The Labute approximate surface area is 210 Å². The van der Waals surface area contributed by atoms with Crippen molar-refractivity contribution in [3.8, 4) is 39.9 Å². The average molecular weight is 490 g/mol. The molecule has 0 saturated carbocycles. The number of fused-ring (bicyclic) bond motifs is 1. The molecule has 0 atom stereocenters. The third kappa shape index (κ3) is 5.63. The van der Waals surface area contributed by atoms with Crippen molar-refractivity contribution < 1.29 is 23.4 Å². The molecule has 0 bridgehead atoms. The van der Waals surface area contributed by atoms with E-state index in [1.54, 1.807) is 50.6 Å². The predicted molar refractivity (Wildman–Crippen MR) is 141 cm³/mol. The lowest BCUT2D eigenvalue weighted by Crippen LogP contribution is -2.27. The van der Waals surface area contributed by atoms with E-state index in [1.807, 2.05) is 30.3 Å². The van der Waals surface area contributed by atoms with Crippen LogP contribution < -0.4 is 24.6 Å². The van der Waals surface area contributed by atoms with E-state index in [0.29, 0.717) is 51.7 Å². The van der Waals surface area contributed by atoms with Gasteiger partial charge in [-0.3, -0.25) is 0 Å². The monoisotopic (exact) mass is 489 g/mol. The summed E-state index contributed by atoms with van der Waals surface area (Å²) in [5.41, 5.74) is 0.860. The van der Waals surface area contributed by atoms with E-state index < -0.39 is 5.63 Å². The quantitative estimate of drug-likeness (QED) is 0.240. The number of methoxy groups -OCH3 is 2. The molecular weight excluding hydrogens is 458 g/mol. The Morgan fingerprint density at radius 2 is 1.39 bits per heavy atom. The fourth-order valence-corrected chi connectivity index (χ4v) is 3.95. The van der Waals surface area contributed by atoms with Crippen molar-refractivity contribution in [3.63, 3.8) is 0 Å². The highest BCUT2D eigenvalue weighted by Crippen LogP contribution is 2.39. The highest BCUT2D eigenvalue weighted by atomic mass is 16.5. The molecule has 7 heteroatoms. The van der Waals surface area contributed by atoms with Gasteiger partial charge in [0.05, 0.1) is 19.6 Å². The van der Waals surface area contributed by atoms with Crippen LogP contribution in [0.4, 0.5) is 0 Å². The Hall–Kier alpha value is -3.97. The van der Waals surface area contributed by atoms with Crippen molar-refractivity contribution in [3.05, 3.63) is 77.2 Å². The molecule has 36 heavy (non-hydrogen) atoms. The van der Waals surface area contributed by atoms with Gasteiger partial charge in [0, 0.05) is 12.6 Å². The normalized spacial score (nSPS) is 11.0. The van der Waals surface area contributed by atoms with Crippen LogP contribution in [0.15, 0.2) is 75.9 Å². The molecule has 0 amide bonds. The molecule has 188 valence electrons. The van der Waals surface area contributed by atoms with Gasteiger partial charge in [-0.25, -0.2) is 4.79 Å². The molecule has 7 nitrogen and oxygen atoms in total. The van der Waals surface area contributed by atoms with Gasteiger partial charge in [-0.2, -0.15) is 0 Å². The minimum Gasteiger partial charge on any atom is -0.497 e. The molecule has 0 radical (unpaired) electrons. The van der Waals surface area contributed by atoms with Gasteiger partial charge in [0.25, 0.3) is 0 Å². The van der Waals surface area contributed by atoms with Gasteiger partial charge < -0.3 is 28.3 Å². The standard InChI is InChI=1S/C29H31NO6/c1-5-30(6-2)17-18-34-22-11-13-23(14-12-22)35-28-25-16-15-24(33-4)19-26(25)36-29(31)27(28)20-7-9-21(32-3)10-8-20/h7-16,19H,5-6,17-18H2,1-4H3. The first-order chi connectivity index (χ1) is 17.6. The maximum absolute atomic E-state index is 13.1. The van der Waals surface area contributed by atoms with E-state index >= 15 is 0 Å². The second-order valence-electron chi connectivity index (χ2n) is 8.13. The van der Waals surface area contributed by atoms with Crippen molar-refractivity contribution in [1.29, 1.82) is 0 Å². The average Bonchev–Trinajstić information content (AvgIpc) is 2.92. The lowest BCUT2D eigenvalue weighted by Gasteiger charge is -2.18. The Bertz CT molecular complexity index is 1340. The van der Waals surface area contributed by atoms with Crippen LogP contribution in [-0.2, 0) is 0 Å². The highest BCUT2D eigenvalue weighted by molar-refractivity contribution is 5.91. The first-order valence-corrected chi connectivity index (χ1v) is 12.0. The van der Waals surface area contributed by atoms with Crippen molar-refractivity contribution >= 4 is 11.0 Å². The van der Waals surface area contributed by atoms with Gasteiger partial charge >= 0.3 is 5.63 Å². The molecule has 0 unspecified atom stereocenters. The zero-order valence-corrected chi connectivity index (χ0v) is 21.1. The maximum Gasteiger partial charge on any atom is 0.348 e. The minimum absolute atomic E-state index is 0.329. The SMILES string of the molecule is CCN(CC)CCOc1ccc(Oc2c(-c3ccc(OC)cc3)c(=O)oc3cc(OC)ccc23)cc1. The molecule has 0 spiro atoms. The Morgan fingerprint density at radius 1 is 0.778 bits per heavy atom. The third-order valence-electron chi connectivity index (χ3n) is 6.06. The molecule has 4 aromatic rings. The number of hydrogen-bond acceptors (Lipinski definition) is 7. The smallest absolute Gasteiger partial charge is 0.348 e. The lowest BCUT2D eigenvalue weighted by atomic mass is 10.0. The molecular formula is C29H31NO6. The summed E-state index contributed by atoms with van der Waals surface area (Å²) >= 11 is 0. The second-order valence-corrected chi connectivity index (χ2v) is 8.13. The van der Waals surface area contributed by atoms with Gasteiger partial charge in [-0.1, -0.05) is 26.0 Å². The van der Waals surface area contributed by atoms with Gasteiger partial charge in [0.2, 0.25) is 0 Å². The molecule has 0 fully saturated rings. The van der Waals surface area contributed by atoms with Crippen LogP contribution in [0, 0.1) is 0 Å². The van der Waals surface area contributed by atoms with Crippen LogP contribution in [-0.4, -0.2) is 45.4 Å². The molecule has 4 rings (SSSR count). The molecule has 1 heterocycles. The number of hydrogen-bond donors (Lipinski definition) is 0. The summed E-state index contributed by atoms with van der Waals surface area (Å²) < 4.78 is 28.4. The number of nitrogens with zero attached hydrogens (tertiary/aromatic N) is 1. The van der Waals surface area contributed by atoms with Crippen LogP contribution >= 0.6 is 0 Å². The molecule has 0 aliphatic heterocycles. The summed E-state index contributed by atoms with van der Waals surface area (Å²) in [6.07, 6.45) is 0. The fourth-order valence-electron chi connectivity index (χ4n) is 3.95. The predicted octanol–water partition coefficient (Wildman–Crippen LogP) is 5.99. The summed E-state index contributed by atoms with van der Waals surface area (Å²) in [5, 5.41) is 0.653. The third-order valence-corrected chi connectivity index (χ3v) is 6.06. The molecule has 3 aromatic carbocycles. The summed E-state index contributed by atoms with van der Waals surface area (Å²) in [7, 11) is 3.16. The van der Waals surface area contributed by atoms with E-state index in [0.717, 1.165) is 25.4 Å². The fraction of sp³-hybridized carbons (Fsp3) is 0.276. The van der Waals surface area contributed by atoms with Crippen molar-refractivity contribution in [2.24, 2.45) is 0 Å². The van der Waals surface area contributed by atoms with Gasteiger partial charge in [-0.05, 0) is 67.2 Å². The van der Waals surface area contributed by atoms with Crippen molar-refractivity contribution in [2.75, 3.05) is 40.5 Å². The highest BCUT2D eigenvalue weighted by Gasteiger charge is 2.19. The van der Waals surface area contributed by atoms with E-state index in [-0.39, 0.29) is 0 Å². The summed E-state index contributed by atoms with van der Waals surface area (Å²) in [6.45, 7) is 7.74. The van der Waals surface area contributed by atoms with Gasteiger partial charge in [-0.15, -0.1) is 0 Å². The summed E-state index contributed by atoms with van der Waals surface area (Å²) in [5.74, 6) is 3.01. The number of benzene rings is 3. The molecule has 0 N–H and O–H groups in total. The minimum atomic E-state index is -0.507. The number of likely N-dealkylation sites (N-methyl/N-ethyl adjacent to an activating group) is 1. The van der Waals surface area contributed by atoms with Crippen LogP contribution in [0.2, 0.25) is 0 Å². The van der Waals surface area contributed by atoms with Crippen LogP contribution in [0.5, 0.6) is 28.7 Å². The van der Waals surface area contributed by atoms with E-state index in [2.05, 4.69) is 18.7 Å². The van der Waals surface area contributed by atoms with E-state index in [4.69, 9.17) is 23.4 Å². The van der Waals surface area contributed by atoms with Gasteiger partial charge in [0.15, 0.2) is 5.75 Å². The summed E-state index contributed by atoms with van der Waals surface area (Å²) in [6, 6.07) is 19.9. The lowest BCUT2D eigenvalue weighted by molar-refractivity contribution is 0.222. The Morgan fingerprint density at radius 3 is 2.03 bits per heavy atom. The first kappa shape index (κ1) is 25.1.